The average Bonchev–Trinajstić information content (AvgIpc) is 2.44. The highest BCUT2D eigenvalue weighted by Crippen LogP contribution is 2.18. The SMILES string of the molecule is FC(F)(F)CCNCc1ccc(I)o1. The second kappa shape index (κ2) is 5.01. The molecule has 6 heteroatoms. The first-order valence-corrected chi connectivity index (χ1v) is 5.07. The zero-order chi connectivity index (χ0) is 10.6. The lowest BCUT2D eigenvalue weighted by atomic mass is 10.4. The number of rotatable bonds is 4. The van der Waals surface area contributed by atoms with E-state index in [9.17, 15) is 13.2 Å². The molecule has 0 spiro atoms. The van der Waals surface area contributed by atoms with Crippen LogP contribution in [0.1, 0.15) is 12.2 Å². The van der Waals surface area contributed by atoms with E-state index >= 15 is 0 Å². The summed E-state index contributed by atoms with van der Waals surface area (Å²) in [4.78, 5) is 0. The molecule has 0 fully saturated rings. The second-order valence-electron chi connectivity index (χ2n) is 2.75. The van der Waals surface area contributed by atoms with Crippen molar-refractivity contribution in [2.24, 2.45) is 0 Å². The largest absolute Gasteiger partial charge is 0.454 e. The van der Waals surface area contributed by atoms with Crippen LogP contribution in [0, 0.1) is 3.77 Å². The third kappa shape index (κ3) is 4.85. The Labute approximate surface area is 93.0 Å². The van der Waals surface area contributed by atoms with Crippen LogP contribution in [0.5, 0.6) is 0 Å². The van der Waals surface area contributed by atoms with Gasteiger partial charge in [-0.15, -0.1) is 0 Å². The maximum absolute atomic E-state index is 11.7. The molecule has 0 saturated heterocycles. The van der Waals surface area contributed by atoms with Crippen molar-refractivity contribution in [2.75, 3.05) is 6.54 Å². The number of hydrogen-bond acceptors (Lipinski definition) is 2. The first-order chi connectivity index (χ1) is 6.47. The van der Waals surface area contributed by atoms with Crippen LogP contribution in [0.2, 0.25) is 0 Å². The molecule has 1 N–H and O–H groups in total. The maximum atomic E-state index is 11.7. The van der Waals surface area contributed by atoms with Crippen LogP contribution in [-0.4, -0.2) is 12.7 Å². The summed E-state index contributed by atoms with van der Waals surface area (Å²) in [6, 6.07) is 3.50. The molecule has 0 aromatic carbocycles. The van der Waals surface area contributed by atoms with Gasteiger partial charge in [0.1, 0.15) is 5.76 Å². The van der Waals surface area contributed by atoms with Crippen molar-refractivity contribution in [3.63, 3.8) is 0 Å². The topological polar surface area (TPSA) is 25.2 Å². The van der Waals surface area contributed by atoms with Crippen molar-refractivity contribution >= 4 is 22.6 Å². The van der Waals surface area contributed by atoms with E-state index < -0.39 is 12.6 Å². The molecule has 0 amide bonds. The highest BCUT2D eigenvalue weighted by molar-refractivity contribution is 14.1. The quantitative estimate of drug-likeness (QED) is 0.682. The number of alkyl halides is 3. The molecule has 1 aromatic heterocycles. The molecular weight excluding hydrogens is 310 g/mol. The van der Waals surface area contributed by atoms with Gasteiger partial charge in [-0.05, 0) is 34.7 Å². The Morgan fingerprint density at radius 2 is 2.07 bits per heavy atom. The Balaban J connectivity index is 2.16. The van der Waals surface area contributed by atoms with E-state index in [2.05, 4.69) is 5.32 Å². The molecule has 80 valence electrons. The van der Waals surface area contributed by atoms with E-state index in [1.54, 1.807) is 12.1 Å². The number of furan rings is 1. The summed E-state index contributed by atoms with van der Waals surface area (Å²) in [7, 11) is 0. The minimum absolute atomic E-state index is 0.0826. The molecule has 0 unspecified atom stereocenters. The Kier molecular flexibility index (Phi) is 4.24. The maximum Gasteiger partial charge on any atom is 0.390 e. The van der Waals surface area contributed by atoms with Gasteiger partial charge in [-0.1, -0.05) is 0 Å². The van der Waals surface area contributed by atoms with E-state index in [-0.39, 0.29) is 6.54 Å². The molecule has 0 radical (unpaired) electrons. The molecule has 0 aliphatic carbocycles. The van der Waals surface area contributed by atoms with Gasteiger partial charge in [0.15, 0.2) is 3.77 Å². The smallest absolute Gasteiger partial charge is 0.390 e. The van der Waals surface area contributed by atoms with Crippen LogP contribution in [0.15, 0.2) is 16.5 Å². The van der Waals surface area contributed by atoms with Gasteiger partial charge in [-0.2, -0.15) is 13.2 Å². The van der Waals surface area contributed by atoms with E-state index in [1.807, 2.05) is 22.6 Å². The predicted molar refractivity (Wildman–Crippen MR) is 53.8 cm³/mol. The second-order valence-corrected chi connectivity index (χ2v) is 3.81. The van der Waals surface area contributed by atoms with Gasteiger partial charge in [0.2, 0.25) is 0 Å². The Morgan fingerprint density at radius 3 is 2.57 bits per heavy atom. The zero-order valence-corrected chi connectivity index (χ0v) is 9.35. The molecule has 0 aliphatic rings. The average molecular weight is 319 g/mol. The van der Waals surface area contributed by atoms with Crippen LogP contribution in [0.4, 0.5) is 13.2 Å². The highest BCUT2D eigenvalue weighted by Gasteiger charge is 2.25. The summed E-state index contributed by atoms with van der Waals surface area (Å²) in [6.45, 7) is 0.250. The van der Waals surface area contributed by atoms with E-state index in [0.717, 1.165) is 3.77 Å². The summed E-state index contributed by atoms with van der Waals surface area (Å²) in [5.74, 6) is 0.650. The standard InChI is InChI=1S/C8H9F3INO/c9-8(10,11)3-4-13-5-6-1-2-7(12)14-6/h1-2,13H,3-5H2. The van der Waals surface area contributed by atoms with Crippen LogP contribution < -0.4 is 5.32 Å². The molecule has 2 nitrogen and oxygen atoms in total. The molecule has 0 atom stereocenters. The van der Waals surface area contributed by atoms with Crippen molar-refractivity contribution < 1.29 is 17.6 Å². The molecule has 0 saturated carbocycles. The van der Waals surface area contributed by atoms with Gasteiger partial charge < -0.3 is 9.73 Å². The monoisotopic (exact) mass is 319 g/mol. The van der Waals surface area contributed by atoms with Gasteiger partial charge in [-0.25, -0.2) is 0 Å². The van der Waals surface area contributed by atoms with E-state index in [0.29, 0.717) is 12.3 Å². The molecule has 1 aromatic rings. The van der Waals surface area contributed by atoms with Crippen molar-refractivity contribution in [3.8, 4) is 0 Å². The normalized spacial score (nSPS) is 12.0. The number of nitrogens with one attached hydrogen (secondary N) is 1. The lowest BCUT2D eigenvalue weighted by Crippen LogP contribution is -2.21. The number of hydrogen-bond donors (Lipinski definition) is 1. The van der Waals surface area contributed by atoms with Gasteiger partial charge in [-0.3, -0.25) is 0 Å². The third-order valence-corrected chi connectivity index (χ3v) is 2.09. The van der Waals surface area contributed by atoms with E-state index in [4.69, 9.17) is 4.42 Å². The van der Waals surface area contributed by atoms with Crippen LogP contribution in [0.25, 0.3) is 0 Å². The fourth-order valence-corrected chi connectivity index (χ4v) is 1.35. The minimum atomic E-state index is -4.09. The van der Waals surface area contributed by atoms with Gasteiger partial charge in [0.05, 0.1) is 13.0 Å². The summed E-state index contributed by atoms with van der Waals surface area (Å²) >= 11 is 2.00. The predicted octanol–water partition coefficient (Wildman–Crippen LogP) is 2.93. The summed E-state index contributed by atoms with van der Waals surface area (Å²) in [6.07, 6.45) is -4.91. The molecule has 1 heterocycles. The fraction of sp³-hybridized carbons (Fsp3) is 0.500. The number of halogens is 4. The molecule has 0 bridgehead atoms. The molecule has 0 aliphatic heterocycles. The highest BCUT2D eigenvalue weighted by atomic mass is 127. The zero-order valence-electron chi connectivity index (χ0n) is 7.20. The molecule has 14 heavy (non-hydrogen) atoms. The summed E-state index contributed by atoms with van der Waals surface area (Å²) < 4.78 is 41.1. The Hall–Kier alpha value is -0.240. The molecule has 1 rings (SSSR count). The summed E-state index contributed by atoms with van der Waals surface area (Å²) in [5.41, 5.74) is 0. The first kappa shape index (κ1) is 11.8. The third-order valence-electron chi connectivity index (χ3n) is 1.51. The van der Waals surface area contributed by atoms with Crippen LogP contribution >= 0.6 is 22.6 Å². The van der Waals surface area contributed by atoms with Crippen molar-refractivity contribution in [1.29, 1.82) is 0 Å². The minimum Gasteiger partial charge on any atom is -0.454 e. The van der Waals surface area contributed by atoms with Gasteiger partial charge >= 0.3 is 6.18 Å². The van der Waals surface area contributed by atoms with Gasteiger partial charge in [0, 0.05) is 6.54 Å². The fourth-order valence-electron chi connectivity index (χ4n) is 0.888. The van der Waals surface area contributed by atoms with Crippen LogP contribution in [0.3, 0.4) is 0 Å². The first-order valence-electron chi connectivity index (χ1n) is 3.99. The Bertz CT molecular complexity index is 284. The Morgan fingerprint density at radius 1 is 1.36 bits per heavy atom. The van der Waals surface area contributed by atoms with Crippen LogP contribution in [-0.2, 0) is 6.54 Å². The summed E-state index contributed by atoms with van der Waals surface area (Å²) in [5, 5.41) is 2.65. The molecular formula is C8H9F3INO. The lowest BCUT2D eigenvalue weighted by Gasteiger charge is -2.06. The van der Waals surface area contributed by atoms with E-state index in [1.165, 1.54) is 0 Å². The van der Waals surface area contributed by atoms with Gasteiger partial charge in [0.25, 0.3) is 0 Å². The van der Waals surface area contributed by atoms with Crippen molar-refractivity contribution in [1.82, 2.24) is 5.32 Å². The van der Waals surface area contributed by atoms with Crippen molar-refractivity contribution in [3.05, 3.63) is 21.7 Å². The van der Waals surface area contributed by atoms with Crippen molar-refractivity contribution in [2.45, 2.75) is 19.1 Å². The lowest BCUT2D eigenvalue weighted by molar-refractivity contribution is -0.133.